The van der Waals surface area contributed by atoms with Gasteiger partial charge in [-0.1, -0.05) is 0 Å². The van der Waals surface area contributed by atoms with Gasteiger partial charge in [-0.2, -0.15) is 0 Å². The van der Waals surface area contributed by atoms with Crippen LogP contribution in [0, 0.1) is 0 Å². The molecule has 27 heavy (non-hydrogen) atoms. The number of carbonyl (C=O) groups excluding carboxylic acids is 1. The van der Waals surface area contributed by atoms with E-state index in [1.54, 1.807) is 23.3 Å². The molecule has 0 radical (unpaired) electrons. The number of morpholine rings is 1. The SMILES string of the molecule is CCOC(=O)CCCN1Sc2sc(SOP)cc2C=C1CN1CCOCC1. The first-order valence-electron chi connectivity index (χ1n) is 8.98. The van der Waals surface area contributed by atoms with Gasteiger partial charge in [0.15, 0.2) is 0 Å². The molecule has 0 N–H and O–H groups in total. The van der Waals surface area contributed by atoms with Gasteiger partial charge in [0.05, 0.1) is 28.2 Å². The van der Waals surface area contributed by atoms with Crippen molar-refractivity contribution in [3.05, 3.63) is 17.3 Å². The van der Waals surface area contributed by atoms with Crippen molar-refractivity contribution in [2.75, 3.05) is 46.0 Å². The van der Waals surface area contributed by atoms with Crippen LogP contribution in [0.15, 0.2) is 20.2 Å². The summed E-state index contributed by atoms with van der Waals surface area (Å²) < 4.78 is 20.4. The molecule has 0 aliphatic carbocycles. The minimum absolute atomic E-state index is 0.119. The molecule has 6 nitrogen and oxygen atoms in total. The molecule has 1 saturated heterocycles. The van der Waals surface area contributed by atoms with Gasteiger partial charge in [-0.05, 0) is 37.4 Å². The first-order chi connectivity index (χ1) is 13.2. The lowest BCUT2D eigenvalue weighted by molar-refractivity contribution is -0.143. The third-order valence-electron chi connectivity index (χ3n) is 4.20. The van der Waals surface area contributed by atoms with Crippen LogP contribution in [0.5, 0.6) is 0 Å². The van der Waals surface area contributed by atoms with Crippen LogP contribution >= 0.6 is 44.8 Å². The Morgan fingerprint density at radius 3 is 2.96 bits per heavy atom. The molecule has 0 spiro atoms. The van der Waals surface area contributed by atoms with E-state index in [0.29, 0.717) is 13.0 Å². The second-order valence-corrected chi connectivity index (χ2v) is 10.1. The fraction of sp³-hybridized carbons (Fsp3) is 0.588. The molecule has 10 heteroatoms. The van der Waals surface area contributed by atoms with Gasteiger partial charge < -0.3 is 13.8 Å². The molecule has 2 aliphatic rings. The van der Waals surface area contributed by atoms with E-state index in [-0.39, 0.29) is 5.97 Å². The summed E-state index contributed by atoms with van der Waals surface area (Å²) >= 11 is 4.87. The van der Waals surface area contributed by atoms with E-state index in [2.05, 4.69) is 30.8 Å². The molecule has 1 fully saturated rings. The van der Waals surface area contributed by atoms with Crippen LogP contribution in [0.3, 0.4) is 0 Å². The van der Waals surface area contributed by atoms with Gasteiger partial charge in [0.25, 0.3) is 0 Å². The lowest BCUT2D eigenvalue weighted by atomic mass is 10.2. The van der Waals surface area contributed by atoms with E-state index in [1.165, 1.54) is 27.5 Å². The molecule has 0 saturated carbocycles. The van der Waals surface area contributed by atoms with Crippen molar-refractivity contribution in [3.63, 3.8) is 0 Å². The number of hydrogen-bond donors (Lipinski definition) is 0. The molecule has 1 unspecified atom stereocenters. The fourth-order valence-electron chi connectivity index (χ4n) is 2.94. The number of thiophene rings is 1. The summed E-state index contributed by atoms with van der Waals surface area (Å²) in [5.74, 6) is -0.119. The minimum atomic E-state index is -0.119. The zero-order valence-corrected chi connectivity index (χ0v) is 19.0. The molecule has 3 rings (SSSR count). The molecule has 3 heterocycles. The third kappa shape index (κ3) is 6.35. The molecule has 150 valence electrons. The average molecular weight is 449 g/mol. The summed E-state index contributed by atoms with van der Waals surface area (Å²) in [6, 6.07) is 2.18. The van der Waals surface area contributed by atoms with Gasteiger partial charge in [-0.3, -0.25) is 13.7 Å². The molecule has 0 aromatic carbocycles. The largest absolute Gasteiger partial charge is 0.466 e. The van der Waals surface area contributed by atoms with Crippen LogP contribution in [0.2, 0.25) is 0 Å². The van der Waals surface area contributed by atoms with E-state index < -0.39 is 0 Å². The van der Waals surface area contributed by atoms with Crippen molar-refractivity contribution in [1.29, 1.82) is 0 Å². The summed E-state index contributed by atoms with van der Waals surface area (Å²) in [4.78, 5) is 14.1. The van der Waals surface area contributed by atoms with Crippen molar-refractivity contribution in [3.8, 4) is 0 Å². The predicted octanol–water partition coefficient (Wildman–Crippen LogP) is 3.90. The van der Waals surface area contributed by atoms with Gasteiger partial charge in [0, 0.05) is 65.4 Å². The van der Waals surface area contributed by atoms with Gasteiger partial charge in [-0.15, -0.1) is 11.3 Å². The van der Waals surface area contributed by atoms with E-state index in [4.69, 9.17) is 13.4 Å². The number of nitrogens with zero attached hydrogens (tertiary/aromatic N) is 2. The van der Waals surface area contributed by atoms with Crippen LogP contribution in [-0.2, 0) is 18.2 Å². The van der Waals surface area contributed by atoms with Crippen LogP contribution < -0.4 is 0 Å². The summed E-state index contributed by atoms with van der Waals surface area (Å²) in [6.45, 7) is 7.49. The van der Waals surface area contributed by atoms with Crippen molar-refractivity contribution in [2.24, 2.45) is 0 Å². The number of rotatable bonds is 9. The van der Waals surface area contributed by atoms with Gasteiger partial charge in [-0.25, -0.2) is 0 Å². The molecular formula is C17H25N2O4PS3. The first-order valence-corrected chi connectivity index (χ1v) is 11.8. The number of esters is 1. The minimum Gasteiger partial charge on any atom is -0.466 e. The molecular weight excluding hydrogens is 423 g/mol. The highest BCUT2D eigenvalue weighted by Gasteiger charge is 2.24. The maximum Gasteiger partial charge on any atom is 0.305 e. The number of ether oxygens (including phenoxy) is 2. The lowest BCUT2D eigenvalue weighted by Crippen LogP contribution is -2.39. The van der Waals surface area contributed by atoms with E-state index in [9.17, 15) is 4.79 Å². The van der Waals surface area contributed by atoms with Crippen molar-refractivity contribution in [2.45, 2.75) is 28.2 Å². The van der Waals surface area contributed by atoms with Gasteiger partial charge in [0.1, 0.15) is 0 Å². The topological polar surface area (TPSA) is 51.2 Å². The molecule has 0 bridgehead atoms. The number of fused-ring (bicyclic) bond motifs is 1. The zero-order valence-electron chi connectivity index (χ0n) is 15.3. The van der Waals surface area contributed by atoms with Gasteiger partial charge >= 0.3 is 5.97 Å². The number of hydrogen-bond acceptors (Lipinski definition) is 9. The summed E-state index contributed by atoms with van der Waals surface area (Å²) in [7, 11) is 2.28. The second kappa shape index (κ2) is 11.0. The van der Waals surface area contributed by atoms with Crippen LogP contribution in [0.4, 0.5) is 0 Å². The van der Waals surface area contributed by atoms with E-state index in [1.807, 2.05) is 6.92 Å². The van der Waals surface area contributed by atoms with E-state index in [0.717, 1.165) is 50.0 Å². The summed E-state index contributed by atoms with van der Waals surface area (Å²) in [5.41, 5.74) is 2.53. The van der Waals surface area contributed by atoms with Crippen LogP contribution in [0.1, 0.15) is 25.3 Å². The highest BCUT2D eigenvalue weighted by Crippen LogP contribution is 2.45. The van der Waals surface area contributed by atoms with Gasteiger partial charge in [0.2, 0.25) is 0 Å². The van der Waals surface area contributed by atoms with Crippen molar-refractivity contribution in [1.82, 2.24) is 9.21 Å². The Bertz CT molecular complexity index is 665. The highest BCUT2D eigenvalue weighted by molar-refractivity contribution is 8.01. The molecule has 1 aromatic rings. The lowest BCUT2D eigenvalue weighted by Gasteiger charge is -2.34. The Kier molecular flexibility index (Phi) is 8.77. The quantitative estimate of drug-likeness (QED) is 0.244. The smallest absolute Gasteiger partial charge is 0.305 e. The monoisotopic (exact) mass is 448 g/mol. The molecule has 1 atom stereocenters. The first kappa shape index (κ1) is 21.4. The Balaban J connectivity index is 1.67. The average Bonchev–Trinajstić information content (AvgIpc) is 3.04. The Morgan fingerprint density at radius 1 is 1.41 bits per heavy atom. The van der Waals surface area contributed by atoms with Crippen LogP contribution in [0.25, 0.3) is 6.08 Å². The van der Waals surface area contributed by atoms with E-state index >= 15 is 0 Å². The Labute approximate surface area is 175 Å². The Hall–Kier alpha value is -0.280. The predicted molar refractivity (Wildman–Crippen MR) is 115 cm³/mol. The third-order valence-corrected chi connectivity index (χ3v) is 7.58. The highest BCUT2D eigenvalue weighted by atomic mass is 32.2. The number of carbonyl (C=O) groups is 1. The standard InChI is InChI=1S/C17H25N2O4PS3/c1-2-22-15(20)4-3-5-19-14(12-18-6-8-21-9-7-18)10-13-11-16(27-23-24)25-17(13)26-19/h10-11H,2-9,12,24H2,1H3. The summed E-state index contributed by atoms with van der Waals surface area (Å²) in [5, 5.41) is 0. The molecule has 0 amide bonds. The summed E-state index contributed by atoms with van der Waals surface area (Å²) in [6.07, 6.45) is 3.51. The second-order valence-electron chi connectivity index (χ2n) is 6.11. The van der Waals surface area contributed by atoms with Crippen molar-refractivity contribution < 1.29 is 18.2 Å². The zero-order chi connectivity index (χ0) is 19.1. The molecule has 1 aromatic heterocycles. The molecule has 2 aliphatic heterocycles. The maximum absolute atomic E-state index is 11.7. The van der Waals surface area contributed by atoms with Crippen LogP contribution in [-0.4, -0.2) is 61.2 Å². The maximum atomic E-state index is 11.7. The fourth-order valence-corrected chi connectivity index (χ4v) is 6.56. The normalized spacial score (nSPS) is 17.6. The van der Waals surface area contributed by atoms with Crippen molar-refractivity contribution >= 4 is 56.8 Å². The Morgan fingerprint density at radius 2 is 2.22 bits per heavy atom.